The highest BCUT2D eigenvalue weighted by Crippen LogP contribution is 2.84. The van der Waals surface area contributed by atoms with Gasteiger partial charge in [-0.1, -0.05) is 76.2 Å². The number of carboxylic acids is 1. The van der Waals surface area contributed by atoms with Crippen molar-refractivity contribution in [3.8, 4) is 5.75 Å². The van der Waals surface area contributed by atoms with E-state index in [4.69, 9.17) is 95.0 Å². The van der Waals surface area contributed by atoms with E-state index in [0.717, 1.165) is 23.0 Å². The van der Waals surface area contributed by atoms with Crippen LogP contribution in [0.5, 0.6) is 5.75 Å². The lowest BCUT2D eigenvalue weighted by Gasteiger charge is -2.38. The summed E-state index contributed by atoms with van der Waals surface area (Å²) in [5, 5.41) is 12.6. The minimum atomic E-state index is -3.30. The Balaban J connectivity index is 0.000000151. The quantitative estimate of drug-likeness (QED) is 0.0636. The van der Waals surface area contributed by atoms with E-state index in [-0.39, 0.29) is 40.8 Å². The van der Waals surface area contributed by atoms with Gasteiger partial charge in [-0.3, -0.25) is 14.2 Å². The zero-order chi connectivity index (χ0) is 44.3. The number of aryl methyl sites for hydroxylation is 1. The Labute approximate surface area is 388 Å². The number of hydrogen-bond acceptors (Lipinski definition) is 7. The summed E-state index contributed by atoms with van der Waals surface area (Å²) in [6.45, 7) is 9.30. The van der Waals surface area contributed by atoms with E-state index in [9.17, 15) is 23.7 Å². The van der Waals surface area contributed by atoms with E-state index in [1.54, 1.807) is 49.0 Å². The van der Waals surface area contributed by atoms with Crippen LogP contribution in [0.25, 0.3) is 0 Å². The summed E-state index contributed by atoms with van der Waals surface area (Å²) in [5.74, 6) is -0.985. The van der Waals surface area contributed by atoms with Crippen molar-refractivity contribution in [2.24, 2.45) is 23.7 Å². The molecule has 8 rings (SSSR count). The number of hydrogen-bond donors (Lipinski definition) is 2. The Morgan fingerprint density at radius 2 is 1.55 bits per heavy atom. The molecule has 10 atom stereocenters. The standard InChI is InChI=1S/C16H13ClFNO3.C13H22NO3PS.C12H8Cl6O/c1-10(16(21)22)19(12-7-8-14(18)13(17)9-12)15(20)11-5-3-2-4-6-11;1-6-16-18(15,14-10(2)3)17-12-7-8-13(19-5)11(4)9-12;13-8-9(14)11(16)5-3-1-2(6-7(3)19-6)4(5)10(8,15)12(11,17)18/h2-10H,1H3,(H,21,22);7-10H,6H2,1-5H3,(H,14,15);2-7H,1H2. The fourth-order valence-corrected chi connectivity index (χ4v) is 14.3. The van der Waals surface area contributed by atoms with Crippen LogP contribution in [0.4, 0.5) is 10.1 Å². The molecule has 60 heavy (non-hydrogen) atoms. The van der Waals surface area contributed by atoms with Gasteiger partial charge in [0.2, 0.25) is 0 Å². The van der Waals surface area contributed by atoms with E-state index in [2.05, 4.69) is 5.09 Å². The summed E-state index contributed by atoms with van der Waals surface area (Å²) in [5.41, 5.74) is 1.64. The maximum absolute atomic E-state index is 13.3. The fourth-order valence-electron chi connectivity index (χ4n) is 8.90. The van der Waals surface area contributed by atoms with Gasteiger partial charge in [-0.15, -0.1) is 35.0 Å². The topological polar surface area (TPSA) is 118 Å². The molecule has 3 saturated carbocycles. The van der Waals surface area contributed by atoms with Crippen LogP contribution in [0.3, 0.4) is 0 Å². The SMILES string of the molecule is CC(C(=O)O)N(C(=O)c1ccccc1)c1ccc(F)c(Cl)c1.CCOP(=O)(NC(C)C)Oc1ccc(SC)c(C)c1.ClC1=C(Cl)C2(Cl)C3C4CC(C5OC45)C3C1(Cl)C2(Cl)Cl. The summed E-state index contributed by atoms with van der Waals surface area (Å²) in [4.78, 5) is 24.0. The summed E-state index contributed by atoms with van der Waals surface area (Å²) in [6.07, 6.45) is 3.66. The molecule has 1 amide bonds. The predicted molar refractivity (Wildman–Crippen MR) is 240 cm³/mol. The molecule has 5 aliphatic rings. The lowest BCUT2D eigenvalue weighted by atomic mass is 9.73. The molecule has 9 nitrogen and oxygen atoms in total. The minimum absolute atomic E-state index is 0.0175. The Morgan fingerprint density at radius 3 is 2.03 bits per heavy atom. The molecule has 0 aromatic heterocycles. The zero-order valence-electron chi connectivity index (χ0n) is 33.1. The maximum Gasteiger partial charge on any atom is 0.458 e. The Morgan fingerprint density at radius 1 is 0.967 bits per heavy atom. The van der Waals surface area contributed by atoms with Crippen LogP contribution in [-0.4, -0.2) is 68.2 Å². The van der Waals surface area contributed by atoms with Crippen LogP contribution in [-0.2, 0) is 18.6 Å². The first kappa shape index (κ1) is 48.0. The number of fused-ring (bicyclic) bond motifs is 12. The molecule has 19 heteroatoms. The summed E-state index contributed by atoms with van der Waals surface area (Å²) in [6, 6.07) is 16.4. The van der Waals surface area contributed by atoms with E-state index in [0.29, 0.717) is 39.8 Å². The maximum atomic E-state index is 13.3. The lowest BCUT2D eigenvalue weighted by Crippen LogP contribution is -2.46. The molecular formula is C41H43Cl7FN2O7PS. The number of aliphatic carboxylic acids is 1. The van der Waals surface area contributed by atoms with Crippen LogP contribution in [0.1, 0.15) is 50.0 Å². The Kier molecular flexibility index (Phi) is 14.6. The molecule has 10 unspecified atom stereocenters. The first-order valence-electron chi connectivity index (χ1n) is 19.0. The molecule has 1 heterocycles. The van der Waals surface area contributed by atoms with Crippen molar-refractivity contribution in [1.29, 1.82) is 0 Å². The third kappa shape index (κ3) is 8.35. The number of epoxide rings is 1. The number of ether oxygens (including phenoxy) is 1. The second-order valence-corrected chi connectivity index (χ2v) is 21.6. The third-order valence-electron chi connectivity index (χ3n) is 11.4. The average Bonchev–Trinajstić information content (AvgIpc) is 3.73. The van der Waals surface area contributed by atoms with E-state index in [1.807, 2.05) is 45.2 Å². The van der Waals surface area contributed by atoms with Crippen molar-refractivity contribution in [2.45, 2.75) is 84.3 Å². The number of anilines is 1. The van der Waals surface area contributed by atoms with Gasteiger partial charge in [0.25, 0.3) is 5.91 Å². The number of amides is 1. The van der Waals surface area contributed by atoms with Gasteiger partial charge in [0, 0.05) is 22.2 Å². The molecule has 4 fully saturated rings. The van der Waals surface area contributed by atoms with Crippen LogP contribution in [0.2, 0.25) is 5.02 Å². The summed E-state index contributed by atoms with van der Waals surface area (Å²) >= 11 is 46.9. The number of carbonyl (C=O) groups is 2. The highest BCUT2D eigenvalue weighted by atomic mass is 35.5. The number of halogens is 8. The number of thioether (sulfide) groups is 1. The van der Waals surface area contributed by atoms with Crippen LogP contribution in [0.15, 0.2) is 81.7 Å². The van der Waals surface area contributed by atoms with Crippen molar-refractivity contribution >= 4 is 118 Å². The predicted octanol–water partition coefficient (Wildman–Crippen LogP) is 12.3. The molecule has 4 bridgehead atoms. The minimum Gasteiger partial charge on any atom is -0.480 e. The smallest absolute Gasteiger partial charge is 0.458 e. The molecule has 3 aromatic rings. The number of nitrogens with one attached hydrogen (secondary N) is 1. The lowest BCUT2D eigenvalue weighted by molar-refractivity contribution is -0.138. The number of benzene rings is 3. The Hall–Kier alpha value is -1.44. The van der Waals surface area contributed by atoms with Gasteiger partial charge in [0.05, 0.1) is 33.9 Å². The highest BCUT2D eigenvalue weighted by molar-refractivity contribution is 7.98. The zero-order valence-corrected chi connectivity index (χ0v) is 40.1. The van der Waals surface area contributed by atoms with Gasteiger partial charge in [-0.2, -0.15) is 0 Å². The number of nitrogens with zero attached hydrogens (tertiary/aromatic N) is 1. The van der Waals surface area contributed by atoms with Gasteiger partial charge >= 0.3 is 13.7 Å². The van der Waals surface area contributed by atoms with Crippen LogP contribution in [0, 0.1) is 36.4 Å². The first-order valence-corrected chi connectivity index (χ1v) is 24.4. The first-order chi connectivity index (χ1) is 28.1. The van der Waals surface area contributed by atoms with Crippen molar-refractivity contribution in [3.05, 3.63) is 98.8 Å². The van der Waals surface area contributed by atoms with Crippen molar-refractivity contribution in [3.63, 3.8) is 0 Å². The molecule has 3 aromatic carbocycles. The third-order valence-corrected chi connectivity index (χ3v) is 18.8. The molecule has 0 spiro atoms. The van der Waals surface area contributed by atoms with E-state index >= 15 is 0 Å². The fraction of sp³-hybridized carbons (Fsp3) is 0.463. The second-order valence-electron chi connectivity index (χ2n) is 15.4. The number of carbonyl (C=O) groups excluding carboxylic acids is 1. The van der Waals surface area contributed by atoms with Crippen LogP contribution >= 0.6 is 101 Å². The molecule has 0 radical (unpaired) electrons. The normalized spacial score (nSPS) is 30.0. The molecule has 1 aliphatic heterocycles. The van der Waals surface area contributed by atoms with E-state index < -0.39 is 45.6 Å². The van der Waals surface area contributed by atoms with Gasteiger partial charge in [-0.05, 0) is 125 Å². The van der Waals surface area contributed by atoms with Gasteiger partial charge < -0.3 is 14.4 Å². The van der Waals surface area contributed by atoms with Gasteiger partial charge in [0.15, 0.2) is 4.33 Å². The number of allylic oxidation sites excluding steroid dienone is 2. The van der Waals surface area contributed by atoms with Crippen molar-refractivity contribution < 1.29 is 37.4 Å². The van der Waals surface area contributed by atoms with Crippen LogP contribution < -0.4 is 14.5 Å². The molecule has 1 saturated heterocycles. The van der Waals surface area contributed by atoms with Gasteiger partial charge in [-0.25, -0.2) is 18.8 Å². The monoisotopic (exact) mass is 1000 g/mol. The molecule has 4 aliphatic carbocycles. The number of rotatable bonds is 11. The largest absolute Gasteiger partial charge is 0.480 e. The highest BCUT2D eigenvalue weighted by Gasteiger charge is 2.89. The summed E-state index contributed by atoms with van der Waals surface area (Å²) < 4.78 is 40.9. The van der Waals surface area contributed by atoms with E-state index in [1.165, 1.54) is 24.0 Å². The van der Waals surface area contributed by atoms with Crippen molar-refractivity contribution in [2.75, 3.05) is 17.8 Å². The Bertz CT molecular complexity index is 2180. The number of carboxylic acid groups (broad SMARTS) is 1. The second kappa shape index (κ2) is 18.2. The molecule has 326 valence electrons. The summed E-state index contributed by atoms with van der Waals surface area (Å²) in [7, 11) is -3.30. The van der Waals surface area contributed by atoms with Gasteiger partial charge in [0.1, 0.15) is 27.4 Å². The molecular weight excluding hydrogens is 963 g/mol. The average molecular weight is 1010 g/mol. The van der Waals surface area contributed by atoms with Crippen molar-refractivity contribution in [1.82, 2.24) is 5.09 Å². The number of alkyl halides is 4. The molecule has 2 N–H and O–H groups in total.